The molecule has 0 N–H and O–H groups in total. The first-order chi connectivity index (χ1) is 28.7. The summed E-state index contributed by atoms with van der Waals surface area (Å²) < 4.78 is 24.0. The molecular weight excluding hydrogens is 773 g/mol. The molecule has 1 aromatic heterocycles. The SMILES string of the molecule is CCOC(=O)CC(CC(CCn1c(-c2ccccc2)nc(C)c1C)O[Si](c1ccccc1)(c1ccccc1)C(C)(C)C)O[Si](c1ccccc1)(c1ccccc1)C(C)(C)C. The minimum Gasteiger partial charge on any atom is -0.466 e. The topological polar surface area (TPSA) is 62.6 Å². The highest BCUT2D eigenvalue weighted by Gasteiger charge is 2.54. The Bertz CT molecular complexity index is 2170. The van der Waals surface area contributed by atoms with Crippen LogP contribution in [0.2, 0.25) is 10.1 Å². The van der Waals surface area contributed by atoms with Crippen LogP contribution in [-0.4, -0.2) is 51.0 Å². The first kappa shape index (κ1) is 44.7. The molecule has 8 heteroatoms. The highest BCUT2D eigenvalue weighted by atomic mass is 28.4. The number of benzene rings is 5. The van der Waals surface area contributed by atoms with Crippen LogP contribution in [0.5, 0.6) is 0 Å². The molecule has 0 fully saturated rings. The van der Waals surface area contributed by atoms with Crippen molar-refractivity contribution in [1.82, 2.24) is 9.55 Å². The van der Waals surface area contributed by atoms with Crippen LogP contribution in [-0.2, 0) is 24.9 Å². The number of imidazole rings is 1. The molecule has 0 saturated carbocycles. The minimum atomic E-state index is -3.10. The van der Waals surface area contributed by atoms with Crippen LogP contribution in [0.25, 0.3) is 11.4 Å². The van der Waals surface area contributed by atoms with E-state index in [1.54, 1.807) is 0 Å². The van der Waals surface area contributed by atoms with E-state index in [2.05, 4.69) is 206 Å². The van der Waals surface area contributed by atoms with Crippen molar-refractivity contribution >= 4 is 43.4 Å². The fourth-order valence-electron chi connectivity index (χ4n) is 8.99. The Morgan fingerprint density at radius 3 is 1.37 bits per heavy atom. The van der Waals surface area contributed by atoms with E-state index in [1.807, 2.05) is 13.0 Å². The van der Waals surface area contributed by atoms with Crippen molar-refractivity contribution in [2.45, 2.75) is 110 Å². The Labute approximate surface area is 361 Å². The van der Waals surface area contributed by atoms with Crippen molar-refractivity contribution in [1.29, 1.82) is 0 Å². The zero-order chi connectivity index (χ0) is 43.0. The van der Waals surface area contributed by atoms with E-state index in [4.69, 9.17) is 18.6 Å². The van der Waals surface area contributed by atoms with Crippen molar-refractivity contribution in [2.24, 2.45) is 0 Å². The molecule has 0 aliphatic heterocycles. The molecule has 0 aliphatic carbocycles. The first-order valence-corrected chi connectivity index (χ1v) is 25.4. The Morgan fingerprint density at radius 2 is 0.983 bits per heavy atom. The van der Waals surface area contributed by atoms with Gasteiger partial charge in [-0.3, -0.25) is 4.79 Å². The molecule has 0 saturated heterocycles. The van der Waals surface area contributed by atoms with Gasteiger partial charge in [0.15, 0.2) is 0 Å². The van der Waals surface area contributed by atoms with Gasteiger partial charge in [-0.05, 0) is 64.4 Å². The molecule has 0 aliphatic rings. The van der Waals surface area contributed by atoms with Crippen LogP contribution < -0.4 is 20.7 Å². The number of carbonyl (C=O) groups excluding carboxylic acids is 1. The summed E-state index contributed by atoms with van der Waals surface area (Å²) in [5.74, 6) is 0.679. The third-order valence-electron chi connectivity index (χ3n) is 11.9. The van der Waals surface area contributed by atoms with Crippen LogP contribution in [0, 0.1) is 13.8 Å². The van der Waals surface area contributed by atoms with Gasteiger partial charge < -0.3 is 18.2 Å². The lowest BCUT2D eigenvalue weighted by Crippen LogP contribution is -2.69. The van der Waals surface area contributed by atoms with E-state index < -0.39 is 22.7 Å². The molecule has 6 nitrogen and oxygen atoms in total. The molecule has 5 aromatic carbocycles. The van der Waals surface area contributed by atoms with E-state index >= 15 is 0 Å². The van der Waals surface area contributed by atoms with E-state index in [-0.39, 0.29) is 28.6 Å². The summed E-state index contributed by atoms with van der Waals surface area (Å²) in [6.45, 7) is 20.9. The molecule has 6 aromatic rings. The predicted octanol–water partition coefficient (Wildman–Crippen LogP) is 9.79. The van der Waals surface area contributed by atoms with Gasteiger partial charge in [-0.1, -0.05) is 193 Å². The van der Waals surface area contributed by atoms with E-state index in [0.29, 0.717) is 26.0 Å². The zero-order valence-electron chi connectivity index (χ0n) is 37.2. The molecule has 2 unspecified atom stereocenters. The van der Waals surface area contributed by atoms with Gasteiger partial charge in [-0.25, -0.2) is 4.98 Å². The number of esters is 1. The summed E-state index contributed by atoms with van der Waals surface area (Å²) in [6.07, 6.45) is 0.431. The Kier molecular flexibility index (Phi) is 14.3. The number of aromatic nitrogens is 2. The lowest BCUT2D eigenvalue weighted by atomic mass is 10.1. The van der Waals surface area contributed by atoms with Crippen molar-refractivity contribution in [2.75, 3.05) is 6.61 Å². The second kappa shape index (κ2) is 19.2. The smallest absolute Gasteiger partial charge is 0.308 e. The number of aryl methyl sites for hydroxylation is 1. The lowest BCUT2D eigenvalue weighted by Gasteiger charge is -2.47. The van der Waals surface area contributed by atoms with Gasteiger partial charge in [0, 0.05) is 23.9 Å². The van der Waals surface area contributed by atoms with Gasteiger partial charge in [-0.2, -0.15) is 0 Å². The minimum absolute atomic E-state index is 0.109. The largest absolute Gasteiger partial charge is 0.466 e. The maximum Gasteiger partial charge on any atom is 0.308 e. The number of nitrogens with zero attached hydrogens (tertiary/aromatic N) is 2. The maximum absolute atomic E-state index is 13.8. The normalized spacial score (nSPS) is 13.5. The van der Waals surface area contributed by atoms with Crippen LogP contribution in [0.4, 0.5) is 0 Å². The lowest BCUT2D eigenvalue weighted by molar-refractivity contribution is -0.145. The molecule has 314 valence electrons. The summed E-state index contributed by atoms with van der Waals surface area (Å²) in [7, 11) is -6.17. The number of hydrogen-bond acceptors (Lipinski definition) is 5. The molecular formula is C52H64N2O4Si2. The molecule has 2 atom stereocenters. The van der Waals surface area contributed by atoms with Gasteiger partial charge in [0.25, 0.3) is 16.6 Å². The molecule has 0 amide bonds. The standard InChI is InChI=1S/C52H64N2O4Si2/c1-10-56-49(55)39-44(58-60(52(7,8)9,47-32-22-14-23-33-47)48-34-24-15-25-35-48)38-43(36-37-54-41(3)40(2)53-50(54)42-26-16-11-17-27-42)57-59(51(4,5)6,45-28-18-12-19-29-45)46-30-20-13-21-31-46/h11-35,43-44H,10,36-39H2,1-9H3. The summed E-state index contributed by atoms with van der Waals surface area (Å²) in [4.78, 5) is 18.9. The quantitative estimate of drug-likeness (QED) is 0.0677. The van der Waals surface area contributed by atoms with Crippen molar-refractivity contribution < 1.29 is 18.4 Å². The Balaban J connectivity index is 1.54. The maximum atomic E-state index is 13.8. The number of rotatable bonds is 17. The third kappa shape index (κ3) is 9.52. The second-order valence-corrected chi connectivity index (χ2v) is 26.5. The fourth-order valence-corrected chi connectivity index (χ4v) is 18.4. The van der Waals surface area contributed by atoms with Crippen molar-refractivity contribution in [3.63, 3.8) is 0 Å². The second-order valence-electron chi connectivity index (χ2n) is 18.0. The van der Waals surface area contributed by atoms with Gasteiger partial charge in [-0.15, -0.1) is 0 Å². The van der Waals surface area contributed by atoms with Crippen LogP contribution >= 0.6 is 0 Å². The highest BCUT2D eigenvalue weighted by Crippen LogP contribution is 2.41. The zero-order valence-corrected chi connectivity index (χ0v) is 39.2. The van der Waals surface area contributed by atoms with Crippen LogP contribution in [0.3, 0.4) is 0 Å². The molecule has 1 heterocycles. The fraction of sp³-hybridized carbons (Fsp3) is 0.346. The van der Waals surface area contributed by atoms with E-state index in [0.717, 1.165) is 22.8 Å². The molecule has 0 radical (unpaired) electrons. The van der Waals surface area contributed by atoms with Crippen LogP contribution in [0.15, 0.2) is 152 Å². The predicted molar refractivity (Wildman–Crippen MR) is 253 cm³/mol. The van der Waals surface area contributed by atoms with Gasteiger partial charge >= 0.3 is 5.97 Å². The molecule has 0 spiro atoms. The summed E-state index contributed by atoms with van der Waals surface area (Å²) in [6, 6.07) is 53.4. The summed E-state index contributed by atoms with van der Waals surface area (Å²) in [5, 5.41) is 4.19. The Hall–Kier alpha value is -4.87. The van der Waals surface area contributed by atoms with E-state index in [9.17, 15) is 4.79 Å². The van der Waals surface area contributed by atoms with Crippen molar-refractivity contribution in [3.8, 4) is 11.4 Å². The Morgan fingerprint density at radius 1 is 0.600 bits per heavy atom. The monoisotopic (exact) mass is 836 g/mol. The number of carbonyl (C=O) groups is 1. The summed E-state index contributed by atoms with van der Waals surface area (Å²) in [5.41, 5.74) is 3.21. The number of ether oxygens (including phenoxy) is 1. The average Bonchev–Trinajstić information content (AvgIpc) is 3.53. The highest BCUT2D eigenvalue weighted by molar-refractivity contribution is 7.00. The first-order valence-electron chi connectivity index (χ1n) is 21.5. The molecule has 6 rings (SSSR count). The van der Waals surface area contributed by atoms with Gasteiger partial charge in [0.05, 0.1) is 24.8 Å². The third-order valence-corrected chi connectivity index (χ3v) is 22.1. The molecule has 0 bridgehead atoms. The average molecular weight is 837 g/mol. The van der Waals surface area contributed by atoms with E-state index in [1.165, 1.54) is 20.7 Å². The summed E-state index contributed by atoms with van der Waals surface area (Å²) >= 11 is 0. The van der Waals surface area contributed by atoms with Gasteiger partial charge in [0.2, 0.25) is 0 Å². The van der Waals surface area contributed by atoms with Crippen LogP contribution in [0.1, 0.15) is 79.1 Å². The molecule has 60 heavy (non-hydrogen) atoms. The van der Waals surface area contributed by atoms with Crippen molar-refractivity contribution in [3.05, 3.63) is 163 Å². The number of hydrogen-bond donors (Lipinski definition) is 0. The van der Waals surface area contributed by atoms with Gasteiger partial charge in [0.1, 0.15) is 5.82 Å².